The van der Waals surface area contributed by atoms with Crippen molar-refractivity contribution in [3.63, 3.8) is 0 Å². The first-order valence-electron chi connectivity index (χ1n) is 15.4. The Morgan fingerprint density at radius 3 is 1.96 bits per heavy atom. The van der Waals surface area contributed by atoms with Crippen LogP contribution in [0.5, 0.6) is 5.75 Å². The summed E-state index contributed by atoms with van der Waals surface area (Å²) in [7, 11) is 0. The van der Waals surface area contributed by atoms with Gasteiger partial charge in [0.05, 0.1) is 16.6 Å². The molecule has 45 heavy (non-hydrogen) atoms. The molecular weight excluding hydrogens is 734 g/mol. The van der Waals surface area contributed by atoms with Crippen LogP contribution in [-0.4, -0.2) is 19.6 Å². The van der Waals surface area contributed by atoms with Crippen LogP contribution in [0, 0.1) is 6.07 Å². The number of fused-ring (bicyclic) bond motifs is 2. The summed E-state index contributed by atoms with van der Waals surface area (Å²) in [6.45, 7) is 19.8. The molecule has 234 valence electrons. The van der Waals surface area contributed by atoms with Crippen LogP contribution in [0.4, 0.5) is 0 Å². The van der Waals surface area contributed by atoms with E-state index in [1.165, 1.54) is 5.56 Å². The van der Waals surface area contributed by atoms with Gasteiger partial charge in [0.2, 0.25) is 0 Å². The van der Waals surface area contributed by atoms with Gasteiger partial charge in [0.25, 0.3) is 0 Å². The minimum absolute atomic E-state index is 0. The Hall–Kier alpha value is -3.75. The molecule has 0 saturated heterocycles. The number of rotatable bonds is 3. The van der Waals surface area contributed by atoms with Crippen LogP contribution in [0.25, 0.3) is 55.6 Å². The number of phenolic OH excluding ortho intramolecular Hbond substituents is 1. The van der Waals surface area contributed by atoms with Crippen LogP contribution in [0.2, 0.25) is 0 Å². The second-order valence-corrected chi connectivity index (χ2v) is 14.9. The van der Waals surface area contributed by atoms with Crippen LogP contribution >= 0.6 is 0 Å². The average Bonchev–Trinajstić information content (AvgIpc) is 3.36. The normalized spacial score (nSPS) is 12.5. The maximum Gasteiger partial charge on any atom is 0.144 e. The zero-order valence-corrected chi connectivity index (χ0v) is 30.0. The molecule has 0 aliphatic rings. The Kier molecular flexibility index (Phi) is 8.38. The minimum atomic E-state index is -0.281. The summed E-state index contributed by atoms with van der Waals surface area (Å²) in [5.41, 5.74) is 9.73. The topological polar surface area (TPSA) is 50.9 Å². The number of aromatic hydroxyl groups is 1. The smallest absolute Gasteiger partial charge is 0.144 e. The van der Waals surface area contributed by atoms with E-state index in [0.717, 1.165) is 61.1 Å². The van der Waals surface area contributed by atoms with Crippen LogP contribution < -0.4 is 0 Å². The molecule has 1 N–H and O–H groups in total. The SMILES string of the molecule is CC(C)(C)c1ccc(O)c(-c2nc3c(-c4[c-]c(-c5cc(C(C)(C)C)cc6cccnc56)ccc4)cccc3n2C(C)(C)C)c1.[Pt]. The molecule has 0 unspecified atom stereocenters. The van der Waals surface area contributed by atoms with Crippen LogP contribution in [-0.2, 0) is 37.4 Å². The number of benzene rings is 4. The Balaban J connectivity index is 0.00000400. The molecule has 2 aromatic heterocycles. The number of imidazole rings is 1. The van der Waals surface area contributed by atoms with Crippen molar-refractivity contribution in [3.05, 3.63) is 102 Å². The molecule has 0 aliphatic heterocycles. The first-order valence-corrected chi connectivity index (χ1v) is 15.4. The molecule has 5 heteroatoms. The number of aromatic nitrogens is 3. The van der Waals surface area contributed by atoms with Gasteiger partial charge in [0.15, 0.2) is 0 Å². The largest absolute Gasteiger partial charge is 0.507 e. The van der Waals surface area contributed by atoms with E-state index in [1.807, 2.05) is 18.3 Å². The molecule has 0 amide bonds. The van der Waals surface area contributed by atoms with Crippen molar-refractivity contribution in [1.29, 1.82) is 0 Å². The number of pyridine rings is 1. The van der Waals surface area contributed by atoms with Crippen LogP contribution in [0.15, 0.2) is 85.1 Å². The minimum Gasteiger partial charge on any atom is -0.507 e. The van der Waals surface area contributed by atoms with Crippen molar-refractivity contribution in [2.45, 2.75) is 78.7 Å². The third kappa shape index (κ3) is 6.10. The molecule has 6 aromatic rings. The maximum atomic E-state index is 11.1. The predicted octanol–water partition coefficient (Wildman–Crippen LogP) is 10.4. The Morgan fingerprint density at radius 1 is 0.644 bits per heavy atom. The summed E-state index contributed by atoms with van der Waals surface area (Å²) in [5.74, 6) is 0.986. The molecule has 4 nitrogen and oxygen atoms in total. The molecule has 0 atom stereocenters. The van der Waals surface area contributed by atoms with Crippen molar-refractivity contribution in [1.82, 2.24) is 14.5 Å². The molecule has 0 bridgehead atoms. The van der Waals surface area contributed by atoms with Gasteiger partial charge in [-0.05, 0) is 72.4 Å². The summed E-state index contributed by atoms with van der Waals surface area (Å²) in [5, 5.41) is 12.2. The van der Waals surface area contributed by atoms with E-state index in [-0.39, 0.29) is 43.2 Å². The Morgan fingerprint density at radius 2 is 1.29 bits per heavy atom. The van der Waals surface area contributed by atoms with Gasteiger partial charge >= 0.3 is 0 Å². The predicted molar refractivity (Wildman–Crippen MR) is 184 cm³/mol. The zero-order chi connectivity index (χ0) is 31.6. The fourth-order valence-electron chi connectivity index (χ4n) is 5.97. The van der Waals surface area contributed by atoms with E-state index in [2.05, 4.69) is 134 Å². The van der Waals surface area contributed by atoms with E-state index < -0.39 is 0 Å². The van der Waals surface area contributed by atoms with Crippen molar-refractivity contribution in [2.75, 3.05) is 0 Å². The molecule has 2 heterocycles. The van der Waals surface area contributed by atoms with Crippen molar-refractivity contribution < 1.29 is 26.2 Å². The number of hydrogen-bond acceptors (Lipinski definition) is 3. The second-order valence-electron chi connectivity index (χ2n) is 14.9. The van der Waals surface area contributed by atoms with Gasteiger partial charge < -0.3 is 9.67 Å². The zero-order valence-electron chi connectivity index (χ0n) is 27.7. The summed E-state index contributed by atoms with van der Waals surface area (Å²) < 4.78 is 2.25. The van der Waals surface area contributed by atoms with Crippen molar-refractivity contribution >= 4 is 21.9 Å². The Labute approximate surface area is 281 Å². The summed E-state index contributed by atoms with van der Waals surface area (Å²) in [6, 6.07) is 30.9. The monoisotopic (exact) mass is 775 g/mol. The molecule has 0 saturated carbocycles. The molecule has 0 aliphatic carbocycles. The third-order valence-corrected chi connectivity index (χ3v) is 8.41. The molecule has 4 aromatic carbocycles. The fraction of sp³-hybridized carbons (Fsp3) is 0.300. The first-order chi connectivity index (χ1) is 20.6. The number of para-hydroxylation sites is 1. The van der Waals surface area contributed by atoms with Crippen molar-refractivity contribution in [3.8, 4) is 39.4 Å². The van der Waals surface area contributed by atoms with Crippen molar-refractivity contribution in [2.24, 2.45) is 0 Å². The first kappa shape index (κ1) is 32.6. The molecular formula is C40H42N3OPt-. The summed E-state index contributed by atoms with van der Waals surface area (Å²) in [6.07, 6.45) is 1.86. The van der Waals surface area contributed by atoms with Gasteiger partial charge in [0, 0.05) is 38.3 Å². The molecule has 0 spiro atoms. The summed E-state index contributed by atoms with van der Waals surface area (Å²) in [4.78, 5) is 10.1. The van der Waals surface area contributed by atoms with Gasteiger partial charge in [-0.15, -0.1) is 35.4 Å². The van der Waals surface area contributed by atoms with E-state index in [9.17, 15) is 5.11 Å². The molecule has 6 rings (SSSR count). The maximum absolute atomic E-state index is 11.1. The number of hydrogen-bond donors (Lipinski definition) is 1. The quantitative estimate of drug-likeness (QED) is 0.182. The van der Waals surface area contributed by atoms with Crippen LogP contribution in [0.3, 0.4) is 0 Å². The number of nitrogens with zero attached hydrogens (tertiary/aromatic N) is 3. The van der Waals surface area contributed by atoms with Gasteiger partial charge in [-0.2, -0.15) is 0 Å². The van der Waals surface area contributed by atoms with Gasteiger partial charge in [-0.3, -0.25) is 4.98 Å². The fourth-order valence-corrected chi connectivity index (χ4v) is 5.97. The van der Waals surface area contributed by atoms with Crippen LogP contribution in [0.1, 0.15) is 73.4 Å². The standard InChI is InChI=1S/C40H42N3O.Pt/c1-38(2,3)28-18-19-34(44)32(23-28)37-42-36-30(16-11-17-33(36)43(37)40(7,8)9)25-13-10-14-26(21-25)31-24-29(39(4,5)6)22-27-15-12-20-41-35(27)31;/h10-20,22-24,44H,1-9H3;/q-1;. The third-order valence-electron chi connectivity index (χ3n) is 8.41. The van der Waals surface area contributed by atoms with E-state index in [0.29, 0.717) is 0 Å². The molecule has 0 fully saturated rings. The summed E-state index contributed by atoms with van der Waals surface area (Å²) >= 11 is 0. The average molecular weight is 776 g/mol. The Bertz CT molecular complexity index is 2030. The second kappa shape index (κ2) is 11.6. The van der Waals surface area contributed by atoms with Gasteiger partial charge in [-0.1, -0.05) is 89.1 Å². The molecule has 0 radical (unpaired) electrons. The number of phenols is 1. The van der Waals surface area contributed by atoms with E-state index >= 15 is 0 Å². The van der Waals surface area contributed by atoms with E-state index in [4.69, 9.17) is 9.97 Å². The van der Waals surface area contributed by atoms with Gasteiger partial charge in [-0.25, -0.2) is 4.98 Å². The van der Waals surface area contributed by atoms with E-state index in [1.54, 1.807) is 6.07 Å². The van der Waals surface area contributed by atoms with Gasteiger partial charge in [0.1, 0.15) is 11.6 Å².